The van der Waals surface area contributed by atoms with Gasteiger partial charge in [-0.1, -0.05) is 26.2 Å². The van der Waals surface area contributed by atoms with Gasteiger partial charge in [-0.15, -0.1) is 5.10 Å². The second-order valence-electron chi connectivity index (χ2n) is 5.75. The Morgan fingerprint density at radius 3 is 2.68 bits per heavy atom. The van der Waals surface area contributed by atoms with E-state index in [1.807, 2.05) is 6.92 Å². The molecule has 6 heteroatoms. The van der Waals surface area contributed by atoms with Crippen LogP contribution in [-0.4, -0.2) is 31.3 Å². The molecule has 0 aromatic carbocycles. The maximum atomic E-state index is 11.4. The van der Waals surface area contributed by atoms with Gasteiger partial charge in [-0.05, 0) is 36.6 Å². The van der Waals surface area contributed by atoms with Gasteiger partial charge in [-0.2, -0.15) is 0 Å². The maximum absolute atomic E-state index is 11.4. The van der Waals surface area contributed by atoms with Crippen LogP contribution < -0.4 is 0 Å². The van der Waals surface area contributed by atoms with E-state index in [1.54, 1.807) is 11.6 Å². The van der Waals surface area contributed by atoms with Crippen LogP contribution in [-0.2, 0) is 11.3 Å². The van der Waals surface area contributed by atoms with Gasteiger partial charge in [0.1, 0.15) is 0 Å². The zero-order chi connectivity index (χ0) is 13.9. The molecule has 1 aromatic heterocycles. The monoisotopic (exact) mass is 266 g/mol. The molecular formula is C13H22N4O2. The first-order valence-corrected chi connectivity index (χ1v) is 7.06. The van der Waals surface area contributed by atoms with Gasteiger partial charge >= 0.3 is 5.97 Å². The Hall–Kier alpha value is -1.46. The smallest absolute Gasteiger partial charge is 0.311 e. The molecule has 0 amide bonds. The predicted octanol–water partition coefficient (Wildman–Crippen LogP) is 2.22. The Balaban J connectivity index is 2.17. The number of rotatable bonds is 5. The number of carboxylic acids is 1. The lowest BCUT2D eigenvalue weighted by Crippen LogP contribution is -2.33. The third kappa shape index (κ3) is 2.93. The summed E-state index contributed by atoms with van der Waals surface area (Å²) >= 11 is 0. The molecule has 1 saturated carbocycles. The maximum Gasteiger partial charge on any atom is 0.311 e. The zero-order valence-electron chi connectivity index (χ0n) is 11.7. The number of hydrogen-bond donors (Lipinski definition) is 1. The third-order valence-corrected chi connectivity index (χ3v) is 4.33. The molecule has 1 atom stereocenters. The molecule has 2 rings (SSSR count). The molecule has 1 heterocycles. The van der Waals surface area contributed by atoms with E-state index in [0.717, 1.165) is 18.7 Å². The summed E-state index contributed by atoms with van der Waals surface area (Å²) in [4.78, 5) is 11.4. The summed E-state index contributed by atoms with van der Waals surface area (Å²) in [6.07, 6.45) is 6.47. The fourth-order valence-corrected chi connectivity index (χ4v) is 2.64. The fraction of sp³-hybridized carbons (Fsp3) is 0.846. The van der Waals surface area contributed by atoms with E-state index in [1.165, 1.54) is 19.3 Å². The second kappa shape index (κ2) is 5.67. The number of aromatic nitrogens is 4. The van der Waals surface area contributed by atoms with E-state index in [2.05, 4.69) is 15.5 Å². The summed E-state index contributed by atoms with van der Waals surface area (Å²) in [5, 5.41) is 21.2. The van der Waals surface area contributed by atoms with Crippen LogP contribution in [0.4, 0.5) is 0 Å². The minimum atomic E-state index is -0.807. The van der Waals surface area contributed by atoms with E-state index in [0.29, 0.717) is 18.9 Å². The van der Waals surface area contributed by atoms with Crippen LogP contribution in [0.15, 0.2) is 0 Å². The Morgan fingerprint density at radius 1 is 1.42 bits per heavy atom. The number of tetrazole rings is 1. The van der Waals surface area contributed by atoms with Gasteiger partial charge in [0, 0.05) is 5.92 Å². The fourth-order valence-electron chi connectivity index (χ4n) is 2.64. The highest BCUT2D eigenvalue weighted by Crippen LogP contribution is 2.32. The van der Waals surface area contributed by atoms with Crippen molar-refractivity contribution in [2.75, 3.05) is 0 Å². The molecule has 1 aliphatic carbocycles. The quantitative estimate of drug-likeness (QED) is 0.883. The SMILES string of the molecule is CCC(C)(Cn1nnnc1C1CCCCC1)C(=O)O. The van der Waals surface area contributed by atoms with Crippen molar-refractivity contribution in [1.82, 2.24) is 20.2 Å². The highest BCUT2D eigenvalue weighted by molar-refractivity contribution is 5.73. The van der Waals surface area contributed by atoms with Gasteiger partial charge in [0.15, 0.2) is 5.82 Å². The lowest BCUT2D eigenvalue weighted by Gasteiger charge is -2.25. The summed E-state index contributed by atoms with van der Waals surface area (Å²) in [7, 11) is 0. The van der Waals surface area contributed by atoms with Gasteiger partial charge in [-0.25, -0.2) is 4.68 Å². The standard InChI is InChI=1S/C13H22N4O2/c1-3-13(2,12(18)19)9-17-11(14-15-16-17)10-7-5-4-6-8-10/h10H,3-9H2,1-2H3,(H,18,19). The van der Waals surface area contributed by atoms with Crippen molar-refractivity contribution < 1.29 is 9.90 Å². The molecule has 0 spiro atoms. The number of carboxylic acid groups (broad SMARTS) is 1. The zero-order valence-corrected chi connectivity index (χ0v) is 11.7. The Morgan fingerprint density at radius 2 is 2.11 bits per heavy atom. The molecule has 0 radical (unpaired) electrons. The van der Waals surface area contributed by atoms with Crippen LogP contribution in [0.2, 0.25) is 0 Å². The van der Waals surface area contributed by atoms with E-state index < -0.39 is 11.4 Å². The van der Waals surface area contributed by atoms with Crippen molar-refractivity contribution in [1.29, 1.82) is 0 Å². The third-order valence-electron chi connectivity index (χ3n) is 4.33. The Bertz CT molecular complexity index is 440. The normalized spacial score (nSPS) is 20.1. The molecular weight excluding hydrogens is 244 g/mol. The molecule has 1 fully saturated rings. The molecule has 1 aliphatic rings. The molecule has 6 nitrogen and oxygen atoms in total. The molecule has 0 bridgehead atoms. The van der Waals surface area contributed by atoms with Crippen LogP contribution >= 0.6 is 0 Å². The van der Waals surface area contributed by atoms with Crippen molar-refractivity contribution in [3.05, 3.63) is 5.82 Å². The summed E-state index contributed by atoms with van der Waals surface area (Å²) in [6.45, 7) is 3.98. The number of hydrogen-bond acceptors (Lipinski definition) is 4. The van der Waals surface area contributed by atoms with Gasteiger partial charge < -0.3 is 5.11 Å². The predicted molar refractivity (Wildman–Crippen MR) is 69.7 cm³/mol. The van der Waals surface area contributed by atoms with Crippen LogP contribution in [0.5, 0.6) is 0 Å². The summed E-state index contributed by atoms with van der Waals surface area (Å²) < 4.78 is 1.70. The lowest BCUT2D eigenvalue weighted by molar-refractivity contribution is -0.149. The van der Waals surface area contributed by atoms with Crippen molar-refractivity contribution >= 4 is 5.97 Å². The number of aliphatic carboxylic acids is 1. The van der Waals surface area contributed by atoms with Gasteiger partial charge in [0.05, 0.1) is 12.0 Å². The summed E-state index contributed by atoms with van der Waals surface area (Å²) in [6, 6.07) is 0. The van der Waals surface area contributed by atoms with Crippen molar-refractivity contribution in [2.24, 2.45) is 5.41 Å². The van der Waals surface area contributed by atoms with Crippen LogP contribution in [0.3, 0.4) is 0 Å². The molecule has 1 N–H and O–H groups in total. The molecule has 0 saturated heterocycles. The summed E-state index contributed by atoms with van der Waals surface area (Å²) in [5.74, 6) is 0.458. The first-order valence-electron chi connectivity index (χ1n) is 7.06. The van der Waals surface area contributed by atoms with E-state index in [-0.39, 0.29) is 0 Å². The Labute approximate surface area is 113 Å². The van der Waals surface area contributed by atoms with Gasteiger partial charge in [0.2, 0.25) is 0 Å². The second-order valence-corrected chi connectivity index (χ2v) is 5.75. The molecule has 1 unspecified atom stereocenters. The molecule has 1 aromatic rings. The molecule has 0 aliphatic heterocycles. The van der Waals surface area contributed by atoms with Gasteiger partial charge in [0.25, 0.3) is 0 Å². The Kier molecular flexibility index (Phi) is 4.17. The van der Waals surface area contributed by atoms with Crippen LogP contribution in [0.25, 0.3) is 0 Å². The van der Waals surface area contributed by atoms with Crippen molar-refractivity contribution in [3.63, 3.8) is 0 Å². The summed E-state index contributed by atoms with van der Waals surface area (Å²) in [5.41, 5.74) is -0.807. The topological polar surface area (TPSA) is 80.9 Å². The lowest BCUT2D eigenvalue weighted by atomic mass is 9.86. The van der Waals surface area contributed by atoms with Crippen LogP contribution in [0, 0.1) is 5.41 Å². The minimum absolute atomic E-state index is 0.345. The molecule has 106 valence electrons. The first-order chi connectivity index (χ1) is 9.07. The average Bonchev–Trinajstić information content (AvgIpc) is 2.87. The van der Waals surface area contributed by atoms with E-state index in [9.17, 15) is 9.90 Å². The average molecular weight is 266 g/mol. The number of nitrogens with zero attached hydrogens (tertiary/aromatic N) is 4. The van der Waals surface area contributed by atoms with E-state index >= 15 is 0 Å². The first kappa shape index (κ1) is 14.0. The van der Waals surface area contributed by atoms with Crippen molar-refractivity contribution in [3.8, 4) is 0 Å². The molecule has 19 heavy (non-hydrogen) atoms. The largest absolute Gasteiger partial charge is 0.481 e. The van der Waals surface area contributed by atoms with Gasteiger partial charge in [-0.3, -0.25) is 4.79 Å². The van der Waals surface area contributed by atoms with Crippen molar-refractivity contribution in [2.45, 2.75) is 64.8 Å². The highest BCUT2D eigenvalue weighted by atomic mass is 16.4. The number of carbonyl (C=O) groups is 1. The van der Waals surface area contributed by atoms with Crippen LogP contribution in [0.1, 0.15) is 64.1 Å². The highest BCUT2D eigenvalue weighted by Gasteiger charge is 2.34. The van der Waals surface area contributed by atoms with E-state index in [4.69, 9.17) is 0 Å². The minimum Gasteiger partial charge on any atom is -0.481 e.